The summed E-state index contributed by atoms with van der Waals surface area (Å²) in [5.41, 5.74) is 0.862. The van der Waals surface area contributed by atoms with E-state index >= 15 is 0 Å². The minimum absolute atomic E-state index is 0.0152. The molecule has 0 aromatic heterocycles. The highest BCUT2D eigenvalue weighted by Gasteiger charge is 2.29. The number of rotatable bonds is 3. The second-order valence-electron chi connectivity index (χ2n) is 6.75. The lowest BCUT2D eigenvalue weighted by Crippen LogP contribution is -2.47. The maximum Gasteiger partial charge on any atom is 0.253 e. The molecule has 7 nitrogen and oxygen atoms in total. The average molecular weight is 365 g/mol. The molecule has 0 radical (unpaired) electrons. The number of carbonyl (C=O) groups is 2. The van der Waals surface area contributed by atoms with Gasteiger partial charge in [0.15, 0.2) is 9.84 Å². The molecule has 1 aromatic rings. The number of amides is 2. The van der Waals surface area contributed by atoms with Crippen molar-refractivity contribution in [1.29, 1.82) is 0 Å². The zero-order valence-electron chi connectivity index (χ0n) is 14.3. The van der Waals surface area contributed by atoms with Crippen molar-refractivity contribution in [3.63, 3.8) is 0 Å². The van der Waals surface area contributed by atoms with Crippen LogP contribution >= 0.6 is 0 Å². The first-order valence-corrected chi connectivity index (χ1v) is 10.3. The number of hydrogen-bond acceptors (Lipinski definition) is 5. The Morgan fingerprint density at radius 3 is 2.44 bits per heavy atom. The molecule has 2 saturated heterocycles. The lowest BCUT2D eigenvalue weighted by molar-refractivity contribution is 0.0664. The summed E-state index contributed by atoms with van der Waals surface area (Å²) in [6.07, 6.45) is 0.438. The second kappa shape index (κ2) is 7.13. The molecular weight excluding hydrogens is 342 g/mol. The van der Waals surface area contributed by atoms with Crippen LogP contribution in [-0.4, -0.2) is 80.8 Å². The fourth-order valence-corrected chi connectivity index (χ4v) is 4.84. The zero-order valence-corrected chi connectivity index (χ0v) is 15.1. The molecule has 136 valence electrons. The van der Waals surface area contributed by atoms with Gasteiger partial charge < -0.3 is 15.1 Å². The first-order valence-electron chi connectivity index (χ1n) is 8.43. The van der Waals surface area contributed by atoms with Crippen LogP contribution in [0.25, 0.3) is 0 Å². The Bertz CT molecular complexity index is 770. The van der Waals surface area contributed by atoms with Crippen molar-refractivity contribution < 1.29 is 18.0 Å². The number of nitrogens with zero attached hydrogens (tertiary/aromatic N) is 2. The van der Waals surface area contributed by atoms with E-state index in [2.05, 4.69) is 10.2 Å². The third-order valence-corrected chi connectivity index (χ3v) is 6.50. The molecule has 1 N–H and O–H groups in total. The highest BCUT2D eigenvalue weighted by atomic mass is 32.2. The van der Waals surface area contributed by atoms with Crippen LogP contribution in [0.15, 0.2) is 24.3 Å². The molecule has 8 heteroatoms. The van der Waals surface area contributed by atoms with E-state index in [4.69, 9.17) is 0 Å². The summed E-state index contributed by atoms with van der Waals surface area (Å²) in [6.45, 7) is 3.02. The predicted octanol–water partition coefficient (Wildman–Crippen LogP) is -0.00890. The van der Waals surface area contributed by atoms with Crippen molar-refractivity contribution in [2.75, 3.05) is 44.7 Å². The summed E-state index contributed by atoms with van der Waals surface area (Å²) in [7, 11) is -1.02. The molecular formula is C17H23N3O4S. The van der Waals surface area contributed by atoms with Crippen LogP contribution in [-0.2, 0) is 9.84 Å². The van der Waals surface area contributed by atoms with E-state index in [-0.39, 0.29) is 29.4 Å². The van der Waals surface area contributed by atoms with Crippen LogP contribution in [0, 0.1) is 0 Å². The monoisotopic (exact) mass is 365 g/mol. The maximum absolute atomic E-state index is 12.6. The number of nitrogens with one attached hydrogen (secondary N) is 1. The molecule has 0 bridgehead atoms. The standard InChI is InChI=1S/C17H23N3O4S/c1-19-6-8-20(9-7-19)17(22)14-4-2-3-13(11-14)16(21)18-15-5-10-25(23,24)12-15/h2-4,11,15H,5-10,12H2,1H3,(H,18,21). The van der Waals surface area contributed by atoms with E-state index in [1.54, 1.807) is 29.2 Å². The van der Waals surface area contributed by atoms with Gasteiger partial charge >= 0.3 is 0 Å². The fourth-order valence-electron chi connectivity index (χ4n) is 3.16. The molecule has 3 rings (SSSR count). The van der Waals surface area contributed by atoms with Crippen LogP contribution in [0.3, 0.4) is 0 Å². The van der Waals surface area contributed by atoms with Gasteiger partial charge in [-0.25, -0.2) is 8.42 Å². The molecule has 0 saturated carbocycles. The molecule has 1 unspecified atom stereocenters. The van der Waals surface area contributed by atoms with Gasteiger partial charge in [0.2, 0.25) is 0 Å². The summed E-state index contributed by atoms with van der Waals surface area (Å²) in [4.78, 5) is 28.9. The van der Waals surface area contributed by atoms with Gasteiger partial charge in [0.1, 0.15) is 0 Å². The first-order chi connectivity index (χ1) is 11.8. The summed E-state index contributed by atoms with van der Waals surface area (Å²) < 4.78 is 23.0. The van der Waals surface area contributed by atoms with E-state index in [1.807, 2.05) is 7.05 Å². The van der Waals surface area contributed by atoms with Crippen LogP contribution in [0.5, 0.6) is 0 Å². The number of piperazine rings is 1. The number of benzene rings is 1. The van der Waals surface area contributed by atoms with Crippen molar-refractivity contribution in [2.24, 2.45) is 0 Å². The summed E-state index contributed by atoms with van der Waals surface area (Å²) in [5.74, 6) is -0.320. The number of likely N-dealkylation sites (N-methyl/N-ethyl adjacent to an activating group) is 1. The predicted molar refractivity (Wildman–Crippen MR) is 94.4 cm³/mol. The van der Waals surface area contributed by atoms with Gasteiger partial charge in [-0.15, -0.1) is 0 Å². The van der Waals surface area contributed by atoms with Gasteiger partial charge in [-0.2, -0.15) is 0 Å². The third-order valence-electron chi connectivity index (χ3n) is 4.73. The van der Waals surface area contributed by atoms with Crippen LogP contribution in [0.1, 0.15) is 27.1 Å². The quantitative estimate of drug-likeness (QED) is 0.814. The smallest absolute Gasteiger partial charge is 0.253 e. The minimum Gasteiger partial charge on any atom is -0.348 e. The average Bonchev–Trinajstić information content (AvgIpc) is 2.93. The van der Waals surface area contributed by atoms with E-state index < -0.39 is 9.84 Å². The van der Waals surface area contributed by atoms with E-state index in [0.717, 1.165) is 13.1 Å². The molecule has 2 heterocycles. The summed E-state index contributed by atoms with van der Waals surface area (Å²) >= 11 is 0. The van der Waals surface area contributed by atoms with Gasteiger partial charge in [0.25, 0.3) is 11.8 Å². The van der Waals surface area contributed by atoms with Crippen molar-refractivity contribution >= 4 is 21.7 Å². The molecule has 2 aliphatic rings. The van der Waals surface area contributed by atoms with E-state index in [9.17, 15) is 18.0 Å². The van der Waals surface area contributed by atoms with Gasteiger partial charge in [0.05, 0.1) is 11.5 Å². The first kappa shape index (κ1) is 17.9. The van der Waals surface area contributed by atoms with E-state index in [0.29, 0.717) is 30.6 Å². The van der Waals surface area contributed by atoms with Crippen molar-refractivity contribution in [1.82, 2.24) is 15.1 Å². The maximum atomic E-state index is 12.6. The Hall–Kier alpha value is -1.93. The highest BCUT2D eigenvalue weighted by molar-refractivity contribution is 7.91. The van der Waals surface area contributed by atoms with Crippen molar-refractivity contribution in [3.05, 3.63) is 35.4 Å². The topological polar surface area (TPSA) is 86.8 Å². The SMILES string of the molecule is CN1CCN(C(=O)c2cccc(C(=O)NC3CCS(=O)(=O)C3)c2)CC1. The van der Waals surface area contributed by atoms with Gasteiger partial charge in [-0.05, 0) is 31.7 Å². The van der Waals surface area contributed by atoms with Crippen LogP contribution in [0.4, 0.5) is 0 Å². The lowest BCUT2D eigenvalue weighted by atomic mass is 10.1. The van der Waals surface area contributed by atoms with Gasteiger partial charge in [0, 0.05) is 43.3 Å². The summed E-state index contributed by atoms with van der Waals surface area (Å²) in [6, 6.07) is 6.26. The van der Waals surface area contributed by atoms with E-state index in [1.165, 1.54) is 0 Å². The Morgan fingerprint density at radius 1 is 1.12 bits per heavy atom. The Morgan fingerprint density at radius 2 is 1.80 bits per heavy atom. The molecule has 1 atom stereocenters. The molecule has 0 aliphatic carbocycles. The van der Waals surface area contributed by atoms with Crippen molar-refractivity contribution in [3.8, 4) is 0 Å². The molecule has 2 fully saturated rings. The fraction of sp³-hybridized carbons (Fsp3) is 0.529. The molecule has 1 aromatic carbocycles. The van der Waals surface area contributed by atoms with Crippen molar-refractivity contribution in [2.45, 2.75) is 12.5 Å². The molecule has 2 amide bonds. The van der Waals surface area contributed by atoms with Gasteiger partial charge in [-0.3, -0.25) is 9.59 Å². The van der Waals surface area contributed by atoms with Gasteiger partial charge in [-0.1, -0.05) is 6.07 Å². The Kier molecular flexibility index (Phi) is 5.10. The summed E-state index contributed by atoms with van der Waals surface area (Å²) in [5, 5.41) is 2.75. The largest absolute Gasteiger partial charge is 0.348 e. The Labute approximate surface area is 147 Å². The molecule has 2 aliphatic heterocycles. The normalized spacial score (nSPS) is 23.4. The number of hydrogen-bond donors (Lipinski definition) is 1. The Balaban J connectivity index is 1.66. The molecule has 25 heavy (non-hydrogen) atoms. The van der Waals surface area contributed by atoms with Crippen LogP contribution in [0.2, 0.25) is 0 Å². The highest BCUT2D eigenvalue weighted by Crippen LogP contribution is 2.14. The number of carbonyl (C=O) groups excluding carboxylic acids is 2. The van der Waals surface area contributed by atoms with Crippen LogP contribution < -0.4 is 5.32 Å². The third kappa shape index (κ3) is 4.38. The zero-order chi connectivity index (χ0) is 18.0. The minimum atomic E-state index is -3.04. The lowest BCUT2D eigenvalue weighted by Gasteiger charge is -2.32. The number of sulfone groups is 1. The second-order valence-corrected chi connectivity index (χ2v) is 8.98. The molecule has 0 spiro atoms.